The van der Waals surface area contributed by atoms with E-state index in [1.807, 2.05) is 24.3 Å². The SMILES string of the molecule is Cc1ccccc1-c1c(C)cccc1Cl. The Labute approximate surface area is 95.5 Å². The Balaban J connectivity index is 2.69. The van der Waals surface area contributed by atoms with Crippen molar-refractivity contribution in [1.82, 2.24) is 0 Å². The molecule has 0 heterocycles. The van der Waals surface area contributed by atoms with Crippen molar-refractivity contribution >= 4 is 11.6 Å². The van der Waals surface area contributed by atoms with E-state index in [1.165, 1.54) is 16.7 Å². The van der Waals surface area contributed by atoms with E-state index in [0.29, 0.717) is 0 Å². The van der Waals surface area contributed by atoms with Crippen LogP contribution in [0.3, 0.4) is 0 Å². The predicted octanol–water partition coefficient (Wildman–Crippen LogP) is 4.62. The highest BCUT2D eigenvalue weighted by atomic mass is 35.5. The Hall–Kier alpha value is -1.27. The number of halogens is 1. The van der Waals surface area contributed by atoms with Crippen molar-refractivity contribution < 1.29 is 0 Å². The molecule has 0 unspecified atom stereocenters. The van der Waals surface area contributed by atoms with Gasteiger partial charge >= 0.3 is 0 Å². The average molecular weight is 217 g/mol. The smallest absolute Gasteiger partial charge is 0.0487 e. The fourth-order valence-electron chi connectivity index (χ4n) is 1.83. The highest BCUT2D eigenvalue weighted by Crippen LogP contribution is 2.32. The van der Waals surface area contributed by atoms with Crippen LogP contribution in [-0.4, -0.2) is 0 Å². The van der Waals surface area contributed by atoms with Crippen LogP contribution in [0.1, 0.15) is 11.1 Å². The molecule has 0 saturated carbocycles. The summed E-state index contributed by atoms with van der Waals surface area (Å²) < 4.78 is 0. The van der Waals surface area contributed by atoms with Gasteiger partial charge in [-0.15, -0.1) is 0 Å². The quantitative estimate of drug-likeness (QED) is 0.652. The highest BCUT2D eigenvalue weighted by Gasteiger charge is 2.07. The molecular formula is C14H13Cl. The van der Waals surface area contributed by atoms with Crippen molar-refractivity contribution in [3.63, 3.8) is 0 Å². The van der Waals surface area contributed by atoms with Gasteiger partial charge in [0.1, 0.15) is 0 Å². The molecule has 0 fully saturated rings. The fraction of sp³-hybridized carbons (Fsp3) is 0.143. The lowest BCUT2D eigenvalue weighted by Gasteiger charge is -2.10. The minimum atomic E-state index is 0.823. The maximum Gasteiger partial charge on any atom is 0.0487 e. The molecule has 0 aromatic heterocycles. The van der Waals surface area contributed by atoms with Gasteiger partial charge in [0.25, 0.3) is 0 Å². The molecule has 15 heavy (non-hydrogen) atoms. The summed E-state index contributed by atoms with van der Waals surface area (Å²) in [5.74, 6) is 0. The summed E-state index contributed by atoms with van der Waals surface area (Å²) in [7, 11) is 0. The molecule has 0 bridgehead atoms. The Bertz CT molecular complexity index is 466. The van der Waals surface area contributed by atoms with E-state index in [0.717, 1.165) is 10.6 Å². The van der Waals surface area contributed by atoms with Crippen LogP contribution < -0.4 is 0 Å². The van der Waals surface area contributed by atoms with E-state index in [-0.39, 0.29) is 0 Å². The Morgan fingerprint density at radius 3 is 2.13 bits per heavy atom. The first kappa shape index (κ1) is 10.3. The number of hydrogen-bond donors (Lipinski definition) is 0. The minimum absolute atomic E-state index is 0.823. The van der Waals surface area contributed by atoms with Gasteiger partial charge < -0.3 is 0 Å². The molecule has 2 aromatic rings. The summed E-state index contributed by atoms with van der Waals surface area (Å²) in [6.45, 7) is 4.20. The summed E-state index contributed by atoms with van der Waals surface area (Å²) >= 11 is 6.24. The van der Waals surface area contributed by atoms with E-state index in [2.05, 4.69) is 32.0 Å². The summed E-state index contributed by atoms with van der Waals surface area (Å²) in [6, 6.07) is 14.3. The monoisotopic (exact) mass is 216 g/mol. The number of aryl methyl sites for hydroxylation is 2. The van der Waals surface area contributed by atoms with Crippen molar-refractivity contribution in [2.75, 3.05) is 0 Å². The first-order chi connectivity index (χ1) is 7.20. The largest absolute Gasteiger partial charge is 0.0837 e. The lowest BCUT2D eigenvalue weighted by Crippen LogP contribution is -1.87. The first-order valence-electron chi connectivity index (χ1n) is 5.01. The van der Waals surface area contributed by atoms with E-state index in [4.69, 9.17) is 11.6 Å². The summed E-state index contributed by atoms with van der Waals surface area (Å²) in [5, 5.41) is 0.823. The Kier molecular flexibility index (Phi) is 2.79. The van der Waals surface area contributed by atoms with Gasteiger partial charge in [0.2, 0.25) is 0 Å². The van der Waals surface area contributed by atoms with Gasteiger partial charge in [-0.1, -0.05) is 48.0 Å². The van der Waals surface area contributed by atoms with Gasteiger partial charge in [0, 0.05) is 10.6 Å². The molecule has 1 heteroatoms. The number of benzene rings is 2. The van der Waals surface area contributed by atoms with Crippen LogP contribution in [0.4, 0.5) is 0 Å². The molecule has 0 N–H and O–H groups in total. The number of hydrogen-bond acceptors (Lipinski definition) is 0. The van der Waals surface area contributed by atoms with E-state index in [9.17, 15) is 0 Å². The molecule has 0 radical (unpaired) electrons. The van der Waals surface area contributed by atoms with Gasteiger partial charge in [-0.3, -0.25) is 0 Å². The van der Waals surface area contributed by atoms with Gasteiger partial charge in [-0.25, -0.2) is 0 Å². The molecule has 76 valence electrons. The van der Waals surface area contributed by atoms with E-state index >= 15 is 0 Å². The molecule has 0 amide bonds. The summed E-state index contributed by atoms with van der Waals surface area (Å²) in [4.78, 5) is 0. The summed E-state index contributed by atoms with van der Waals surface area (Å²) in [5.41, 5.74) is 4.85. The van der Waals surface area contributed by atoms with Gasteiger partial charge in [-0.05, 0) is 36.6 Å². The van der Waals surface area contributed by atoms with Crippen LogP contribution in [0.2, 0.25) is 5.02 Å². The van der Waals surface area contributed by atoms with Gasteiger partial charge in [0.15, 0.2) is 0 Å². The maximum atomic E-state index is 6.24. The highest BCUT2D eigenvalue weighted by molar-refractivity contribution is 6.33. The van der Waals surface area contributed by atoms with Gasteiger partial charge in [-0.2, -0.15) is 0 Å². The first-order valence-corrected chi connectivity index (χ1v) is 5.39. The molecule has 0 nitrogen and oxygen atoms in total. The lowest BCUT2D eigenvalue weighted by atomic mass is 9.97. The van der Waals surface area contributed by atoms with Crippen molar-refractivity contribution in [3.8, 4) is 11.1 Å². The fourth-order valence-corrected chi connectivity index (χ4v) is 2.15. The molecule has 2 aromatic carbocycles. The normalized spacial score (nSPS) is 10.3. The van der Waals surface area contributed by atoms with Crippen LogP contribution in [0, 0.1) is 13.8 Å². The third-order valence-corrected chi connectivity index (χ3v) is 2.95. The Morgan fingerprint density at radius 1 is 0.800 bits per heavy atom. The molecule has 0 atom stereocenters. The zero-order valence-corrected chi connectivity index (χ0v) is 9.68. The second-order valence-electron chi connectivity index (χ2n) is 3.75. The second-order valence-corrected chi connectivity index (χ2v) is 4.15. The molecule has 0 saturated heterocycles. The predicted molar refractivity (Wildman–Crippen MR) is 66.4 cm³/mol. The van der Waals surface area contributed by atoms with Crippen LogP contribution in [0.5, 0.6) is 0 Å². The average Bonchev–Trinajstić information content (AvgIpc) is 2.20. The van der Waals surface area contributed by atoms with E-state index in [1.54, 1.807) is 0 Å². The van der Waals surface area contributed by atoms with Crippen LogP contribution in [0.25, 0.3) is 11.1 Å². The topological polar surface area (TPSA) is 0 Å². The molecule has 0 aliphatic carbocycles. The van der Waals surface area contributed by atoms with Crippen molar-refractivity contribution in [1.29, 1.82) is 0 Å². The van der Waals surface area contributed by atoms with Crippen molar-refractivity contribution in [2.45, 2.75) is 13.8 Å². The number of rotatable bonds is 1. The zero-order chi connectivity index (χ0) is 10.8. The second kappa shape index (κ2) is 4.08. The van der Waals surface area contributed by atoms with Crippen molar-refractivity contribution in [3.05, 3.63) is 58.6 Å². The molecular weight excluding hydrogens is 204 g/mol. The van der Waals surface area contributed by atoms with Crippen LogP contribution in [-0.2, 0) is 0 Å². The molecule has 2 rings (SSSR count). The zero-order valence-electron chi connectivity index (χ0n) is 8.92. The van der Waals surface area contributed by atoms with Crippen molar-refractivity contribution in [2.24, 2.45) is 0 Å². The minimum Gasteiger partial charge on any atom is -0.0837 e. The maximum absolute atomic E-state index is 6.24. The third-order valence-electron chi connectivity index (χ3n) is 2.64. The van der Waals surface area contributed by atoms with Crippen LogP contribution in [0.15, 0.2) is 42.5 Å². The molecule has 0 spiro atoms. The Morgan fingerprint density at radius 2 is 1.47 bits per heavy atom. The van der Waals surface area contributed by atoms with Crippen LogP contribution >= 0.6 is 11.6 Å². The van der Waals surface area contributed by atoms with E-state index < -0.39 is 0 Å². The molecule has 0 aliphatic rings. The third kappa shape index (κ3) is 1.91. The molecule has 0 aliphatic heterocycles. The lowest BCUT2D eigenvalue weighted by molar-refractivity contribution is 1.41. The summed E-state index contributed by atoms with van der Waals surface area (Å²) in [6.07, 6.45) is 0. The van der Waals surface area contributed by atoms with Gasteiger partial charge in [0.05, 0.1) is 0 Å². The standard InChI is InChI=1S/C14H13Cl/c1-10-6-3-4-8-12(10)14-11(2)7-5-9-13(14)15/h3-9H,1-2H3.